The molecule has 0 aliphatic heterocycles. The Morgan fingerprint density at radius 2 is 1.85 bits per heavy atom. The Labute approximate surface area is 123 Å². The third-order valence-corrected chi connectivity index (χ3v) is 4.74. The van der Waals surface area contributed by atoms with Crippen LogP contribution in [0.1, 0.15) is 46.5 Å². The molecule has 0 atom stereocenters. The van der Waals surface area contributed by atoms with Crippen LogP contribution >= 0.6 is 0 Å². The standard InChI is InChI=1S/C18H29NO/c1-18(2,3)15-10-8-14(9-11-15)13-19-16-6-5-7-17(12-16)20-4/h5-7,12,14-15,19H,8-11,13H2,1-4H3. The maximum absolute atomic E-state index is 5.26. The first-order chi connectivity index (χ1) is 9.49. The predicted octanol–water partition coefficient (Wildman–Crippen LogP) is 4.96. The highest BCUT2D eigenvalue weighted by atomic mass is 16.5. The summed E-state index contributed by atoms with van der Waals surface area (Å²) in [7, 11) is 1.72. The summed E-state index contributed by atoms with van der Waals surface area (Å²) >= 11 is 0. The molecule has 1 aliphatic rings. The summed E-state index contributed by atoms with van der Waals surface area (Å²) in [6, 6.07) is 8.21. The third kappa shape index (κ3) is 4.16. The van der Waals surface area contributed by atoms with E-state index in [-0.39, 0.29) is 0 Å². The van der Waals surface area contributed by atoms with Crippen LogP contribution in [0.15, 0.2) is 24.3 Å². The number of benzene rings is 1. The number of ether oxygens (including phenoxy) is 1. The van der Waals surface area contributed by atoms with Crippen LogP contribution in [0.5, 0.6) is 5.75 Å². The van der Waals surface area contributed by atoms with Gasteiger partial charge in [0.05, 0.1) is 7.11 Å². The maximum Gasteiger partial charge on any atom is 0.120 e. The van der Waals surface area contributed by atoms with E-state index in [2.05, 4.69) is 38.2 Å². The predicted molar refractivity (Wildman–Crippen MR) is 86.4 cm³/mol. The van der Waals surface area contributed by atoms with E-state index in [1.54, 1.807) is 7.11 Å². The van der Waals surface area contributed by atoms with Gasteiger partial charge in [0.2, 0.25) is 0 Å². The Bertz CT molecular complexity index is 414. The van der Waals surface area contributed by atoms with Crippen LogP contribution in [0.4, 0.5) is 5.69 Å². The van der Waals surface area contributed by atoms with Crippen molar-refractivity contribution in [1.82, 2.24) is 0 Å². The van der Waals surface area contributed by atoms with Gasteiger partial charge in [-0.1, -0.05) is 26.8 Å². The van der Waals surface area contributed by atoms with Crippen molar-refractivity contribution < 1.29 is 4.74 Å². The molecule has 1 fully saturated rings. The molecule has 0 bridgehead atoms. The molecule has 0 aromatic heterocycles. The molecule has 1 N–H and O–H groups in total. The minimum atomic E-state index is 0.477. The van der Waals surface area contributed by atoms with E-state index in [1.165, 1.54) is 31.4 Å². The number of nitrogens with one attached hydrogen (secondary N) is 1. The summed E-state index contributed by atoms with van der Waals surface area (Å²) in [5.74, 6) is 2.64. The number of hydrogen-bond donors (Lipinski definition) is 1. The Morgan fingerprint density at radius 3 is 2.45 bits per heavy atom. The molecule has 20 heavy (non-hydrogen) atoms. The van der Waals surface area contributed by atoms with Crippen molar-refractivity contribution in [2.24, 2.45) is 17.3 Å². The van der Waals surface area contributed by atoms with Gasteiger partial charge in [-0.05, 0) is 55.1 Å². The molecule has 0 radical (unpaired) electrons. The van der Waals surface area contributed by atoms with Crippen LogP contribution in [-0.2, 0) is 0 Å². The number of methoxy groups -OCH3 is 1. The molecule has 0 saturated heterocycles. The van der Waals surface area contributed by atoms with Gasteiger partial charge in [0.15, 0.2) is 0 Å². The lowest BCUT2D eigenvalue weighted by atomic mass is 9.70. The van der Waals surface area contributed by atoms with Crippen LogP contribution in [0, 0.1) is 17.3 Å². The second kappa shape index (κ2) is 6.51. The molecule has 1 aliphatic carbocycles. The summed E-state index contributed by atoms with van der Waals surface area (Å²) in [5, 5.41) is 3.56. The highest BCUT2D eigenvalue weighted by Crippen LogP contribution is 2.39. The highest BCUT2D eigenvalue weighted by Gasteiger charge is 2.29. The van der Waals surface area contributed by atoms with E-state index in [1.807, 2.05) is 12.1 Å². The average molecular weight is 275 g/mol. The van der Waals surface area contributed by atoms with Crippen molar-refractivity contribution >= 4 is 5.69 Å². The smallest absolute Gasteiger partial charge is 0.120 e. The molecule has 0 spiro atoms. The van der Waals surface area contributed by atoms with Gasteiger partial charge in [-0.2, -0.15) is 0 Å². The first-order valence-electron chi connectivity index (χ1n) is 7.87. The molecule has 0 amide bonds. The lowest BCUT2D eigenvalue weighted by Crippen LogP contribution is -2.28. The molecule has 2 rings (SSSR count). The summed E-state index contributed by atoms with van der Waals surface area (Å²) in [6.45, 7) is 8.23. The number of hydrogen-bond acceptors (Lipinski definition) is 2. The van der Waals surface area contributed by atoms with Crippen molar-refractivity contribution in [2.75, 3.05) is 19.0 Å². The highest BCUT2D eigenvalue weighted by molar-refractivity contribution is 5.48. The van der Waals surface area contributed by atoms with Crippen molar-refractivity contribution in [2.45, 2.75) is 46.5 Å². The van der Waals surface area contributed by atoms with E-state index in [0.29, 0.717) is 5.41 Å². The Kier molecular flexibility index (Phi) is 4.95. The van der Waals surface area contributed by atoms with E-state index in [9.17, 15) is 0 Å². The van der Waals surface area contributed by atoms with Crippen LogP contribution < -0.4 is 10.1 Å². The zero-order chi connectivity index (χ0) is 14.6. The first kappa shape index (κ1) is 15.2. The van der Waals surface area contributed by atoms with E-state index in [0.717, 1.165) is 24.1 Å². The van der Waals surface area contributed by atoms with Crippen LogP contribution in [0.25, 0.3) is 0 Å². The molecule has 1 saturated carbocycles. The molecular weight excluding hydrogens is 246 g/mol. The van der Waals surface area contributed by atoms with Crippen LogP contribution in [0.2, 0.25) is 0 Å². The summed E-state index contributed by atoms with van der Waals surface area (Å²) < 4.78 is 5.26. The van der Waals surface area contributed by atoms with Gasteiger partial charge in [0, 0.05) is 18.3 Å². The monoisotopic (exact) mass is 275 g/mol. The molecule has 0 heterocycles. The van der Waals surface area contributed by atoms with Crippen molar-refractivity contribution in [3.05, 3.63) is 24.3 Å². The van der Waals surface area contributed by atoms with Crippen molar-refractivity contribution in [3.8, 4) is 5.75 Å². The molecule has 112 valence electrons. The zero-order valence-corrected chi connectivity index (χ0v) is 13.4. The van der Waals surface area contributed by atoms with Crippen LogP contribution in [-0.4, -0.2) is 13.7 Å². The second-order valence-electron chi connectivity index (χ2n) is 7.20. The van der Waals surface area contributed by atoms with Gasteiger partial charge in [0.25, 0.3) is 0 Å². The Hall–Kier alpha value is -1.18. The van der Waals surface area contributed by atoms with Crippen molar-refractivity contribution in [1.29, 1.82) is 0 Å². The van der Waals surface area contributed by atoms with Gasteiger partial charge in [-0.15, -0.1) is 0 Å². The summed E-state index contributed by atoms with van der Waals surface area (Å²) in [6.07, 6.45) is 5.49. The number of rotatable bonds is 4. The van der Waals surface area contributed by atoms with Crippen molar-refractivity contribution in [3.63, 3.8) is 0 Å². The lowest BCUT2D eigenvalue weighted by Gasteiger charge is -2.37. The minimum absolute atomic E-state index is 0.477. The van der Waals surface area contributed by atoms with Gasteiger partial charge in [0.1, 0.15) is 5.75 Å². The second-order valence-corrected chi connectivity index (χ2v) is 7.20. The van der Waals surface area contributed by atoms with Gasteiger partial charge >= 0.3 is 0 Å². The fourth-order valence-corrected chi connectivity index (χ4v) is 3.23. The average Bonchev–Trinajstić information content (AvgIpc) is 2.45. The van der Waals surface area contributed by atoms with E-state index < -0.39 is 0 Å². The SMILES string of the molecule is COc1cccc(NCC2CCC(C(C)(C)C)CC2)c1. The fraction of sp³-hybridized carbons (Fsp3) is 0.667. The Balaban J connectivity index is 1.78. The lowest BCUT2D eigenvalue weighted by molar-refractivity contribution is 0.153. The van der Waals surface area contributed by atoms with Gasteiger partial charge in [-0.3, -0.25) is 0 Å². The van der Waals surface area contributed by atoms with Gasteiger partial charge < -0.3 is 10.1 Å². The summed E-state index contributed by atoms with van der Waals surface area (Å²) in [4.78, 5) is 0. The van der Waals surface area contributed by atoms with E-state index in [4.69, 9.17) is 4.74 Å². The Morgan fingerprint density at radius 1 is 1.15 bits per heavy atom. The molecule has 0 unspecified atom stereocenters. The normalized spacial score (nSPS) is 23.4. The quantitative estimate of drug-likeness (QED) is 0.838. The fourth-order valence-electron chi connectivity index (χ4n) is 3.23. The minimum Gasteiger partial charge on any atom is -0.497 e. The molecule has 1 aromatic rings. The molecule has 1 aromatic carbocycles. The van der Waals surface area contributed by atoms with E-state index >= 15 is 0 Å². The molecular formula is C18H29NO. The topological polar surface area (TPSA) is 21.3 Å². The maximum atomic E-state index is 5.26. The molecule has 2 nitrogen and oxygen atoms in total. The molecule has 2 heteroatoms. The largest absolute Gasteiger partial charge is 0.497 e. The van der Waals surface area contributed by atoms with Crippen LogP contribution in [0.3, 0.4) is 0 Å². The third-order valence-electron chi connectivity index (χ3n) is 4.74. The first-order valence-corrected chi connectivity index (χ1v) is 7.87. The zero-order valence-electron chi connectivity index (χ0n) is 13.4. The number of anilines is 1. The van der Waals surface area contributed by atoms with Gasteiger partial charge in [-0.25, -0.2) is 0 Å². The summed E-state index contributed by atoms with van der Waals surface area (Å²) in [5.41, 5.74) is 1.65.